The van der Waals surface area contributed by atoms with Gasteiger partial charge in [0.25, 0.3) is 5.56 Å². The first kappa shape index (κ1) is 23.7. The fourth-order valence-electron chi connectivity index (χ4n) is 4.75. The average molecular weight is 491 g/mol. The highest BCUT2D eigenvalue weighted by atomic mass is 16.6. The lowest BCUT2D eigenvalue weighted by Crippen LogP contribution is -2.52. The highest BCUT2D eigenvalue weighted by Crippen LogP contribution is 2.41. The first-order chi connectivity index (χ1) is 17.2. The predicted molar refractivity (Wildman–Crippen MR) is 130 cm³/mol. The molecule has 3 atom stereocenters. The minimum atomic E-state index is -1.84. The van der Waals surface area contributed by atoms with Gasteiger partial charge < -0.3 is 25.1 Å². The topological polar surface area (TPSA) is 143 Å². The van der Waals surface area contributed by atoms with Crippen molar-refractivity contribution >= 4 is 28.7 Å². The summed E-state index contributed by atoms with van der Waals surface area (Å²) >= 11 is 0. The number of nitrogens with one attached hydrogen (secondary N) is 1. The van der Waals surface area contributed by atoms with Gasteiger partial charge in [0.15, 0.2) is 0 Å². The molecule has 2 aromatic heterocycles. The third-order valence-corrected chi connectivity index (χ3v) is 6.79. The number of nitrogens with zero attached hydrogens (tertiary/aromatic N) is 2. The Balaban J connectivity index is 1.61. The van der Waals surface area contributed by atoms with Crippen molar-refractivity contribution in [2.24, 2.45) is 5.73 Å². The van der Waals surface area contributed by atoms with E-state index in [1.165, 1.54) is 13.8 Å². The molecule has 2 aliphatic heterocycles. The number of carbonyl (C=O) groups excluding carboxylic acids is 3. The lowest BCUT2D eigenvalue weighted by atomic mass is 9.85. The summed E-state index contributed by atoms with van der Waals surface area (Å²) in [6, 6.07) is 9.46. The Morgan fingerprint density at radius 2 is 2.00 bits per heavy atom. The highest BCUT2D eigenvalue weighted by Gasteiger charge is 2.51. The van der Waals surface area contributed by atoms with Crippen LogP contribution in [-0.2, 0) is 42.6 Å². The van der Waals surface area contributed by atoms with Crippen LogP contribution in [0.25, 0.3) is 22.3 Å². The number of amides is 1. The Morgan fingerprint density at radius 3 is 2.72 bits per heavy atom. The van der Waals surface area contributed by atoms with Crippen LogP contribution >= 0.6 is 0 Å². The van der Waals surface area contributed by atoms with Crippen molar-refractivity contribution in [3.05, 3.63) is 63.4 Å². The van der Waals surface area contributed by atoms with Crippen molar-refractivity contribution in [2.75, 3.05) is 0 Å². The number of hydrogen-bond acceptors (Lipinski definition) is 8. The maximum atomic E-state index is 13.6. The molecule has 10 nitrogen and oxygen atoms in total. The van der Waals surface area contributed by atoms with Gasteiger partial charge in [-0.3, -0.25) is 9.59 Å². The van der Waals surface area contributed by atoms with Gasteiger partial charge in [0.1, 0.15) is 12.6 Å². The molecule has 0 saturated heterocycles. The zero-order chi connectivity index (χ0) is 25.8. The van der Waals surface area contributed by atoms with Gasteiger partial charge in [0.05, 0.1) is 35.1 Å². The molecule has 0 spiro atoms. The number of ether oxygens (including phenoxy) is 2. The summed E-state index contributed by atoms with van der Waals surface area (Å²) in [5.74, 6) is -2.16. The number of hydrogen-bond donors (Lipinski definition) is 2. The van der Waals surface area contributed by atoms with Crippen molar-refractivity contribution in [1.82, 2.24) is 14.9 Å². The van der Waals surface area contributed by atoms with Gasteiger partial charge in [-0.05, 0) is 38.5 Å². The normalized spacial score (nSPS) is 19.5. The van der Waals surface area contributed by atoms with Crippen LogP contribution in [0.5, 0.6) is 0 Å². The van der Waals surface area contributed by atoms with Crippen molar-refractivity contribution in [3.8, 4) is 11.4 Å². The minimum absolute atomic E-state index is 0.0272. The summed E-state index contributed by atoms with van der Waals surface area (Å²) < 4.78 is 12.7. The number of cyclic esters (lactones) is 1. The molecule has 2 aliphatic rings. The van der Waals surface area contributed by atoms with E-state index in [2.05, 4.69) is 5.32 Å². The molecule has 186 valence electrons. The van der Waals surface area contributed by atoms with E-state index >= 15 is 0 Å². The minimum Gasteiger partial charge on any atom is -0.457 e. The lowest BCUT2D eigenvalue weighted by Gasteiger charge is -2.36. The van der Waals surface area contributed by atoms with Gasteiger partial charge in [0.2, 0.25) is 11.5 Å². The van der Waals surface area contributed by atoms with Crippen LogP contribution in [0, 0.1) is 0 Å². The number of pyridine rings is 2. The van der Waals surface area contributed by atoms with E-state index in [0.29, 0.717) is 17.9 Å². The quantitative estimate of drug-likeness (QED) is 0.401. The fourth-order valence-corrected chi connectivity index (χ4v) is 4.75. The van der Waals surface area contributed by atoms with E-state index in [-0.39, 0.29) is 29.7 Å². The van der Waals surface area contributed by atoms with Gasteiger partial charge in [-0.15, -0.1) is 0 Å². The maximum absolute atomic E-state index is 13.6. The van der Waals surface area contributed by atoms with Crippen LogP contribution in [0.2, 0.25) is 0 Å². The van der Waals surface area contributed by atoms with Crippen molar-refractivity contribution in [1.29, 1.82) is 0 Å². The summed E-state index contributed by atoms with van der Waals surface area (Å²) in [6.45, 7) is 4.69. The molecule has 36 heavy (non-hydrogen) atoms. The SMILES string of the molecule is CCC1(OC(=O)C(C)NC(=O)C(C)N)C(=O)OCc2c1cc1n(c2=O)Cc2cc3ccccc3nc2-1. The number of carbonyl (C=O) groups is 3. The van der Waals surface area contributed by atoms with E-state index in [9.17, 15) is 19.2 Å². The number of aromatic nitrogens is 2. The number of nitrogens with two attached hydrogens (primary N) is 1. The number of benzene rings is 1. The molecule has 0 fully saturated rings. The first-order valence-electron chi connectivity index (χ1n) is 11.8. The Hall–Kier alpha value is -4.05. The Kier molecular flexibility index (Phi) is 5.63. The number of fused-ring (bicyclic) bond motifs is 5. The van der Waals surface area contributed by atoms with Crippen LogP contribution in [0.4, 0.5) is 0 Å². The number of esters is 2. The first-order valence-corrected chi connectivity index (χ1v) is 11.8. The lowest BCUT2D eigenvalue weighted by molar-refractivity contribution is -0.190. The van der Waals surface area contributed by atoms with Crippen LogP contribution < -0.4 is 16.6 Å². The molecule has 0 aliphatic carbocycles. The molecule has 1 amide bonds. The molecule has 1 aromatic carbocycles. The molecular weight excluding hydrogens is 464 g/mol. The van der Waals surface area contributed by atoms with Crippen LogP contribution in [0.3, 0.4) is 0 Å². The molecule has 3 aromatic rings. The number of para-hydroxylation sites is 1. The van der Waals surface area contributed by atoms with Crippen molar-refractivity contribution < 1.29 is 23.9 Å². The predicted octanol–water partition coefficient (Wildman–Crippen LogP) is 1.48. The monoisotopic (exact) mass is 490 g/mol. The second-order valence-corrected chi connectivity index (χ2v) is 9.20. The molecule has 4 heterocycles. The average Bonchev–Trinajstić information content (AvgIpc) is 3.22. The van der Waals surface area contributed by atoms with E-state index in [1.54, 1.807) is 17.6 Å². The molecule has 0 radical (unpaired) electrons. The fraction of sp³-hybridized carbons (Fsp3) is 0.346. The largest absolute Gasteiger partial charge is 0.457 e. The molecule has 3 N–H and O–H groups in total. The standard InChI is InChI=1S/C26H26N4O6/c1-4-26(36-24(33)14(3)28-22(31)13(2)27)18-10-20-21-16(9-15-7-5-6-8-19(15)29-21)11-30(20)23(32)17(18)12-35-25(26)34/h5-10,13-14H,4,11-12,27H2,1-3H3,(H,28,31). The van der Waals surface area contributed by atoms with Gasteiger partial charge in [0, 0.05) is 16.5 Å². The van der Waals surface area contributed by atoms with Gasteiger partial charge >= 0.3 is 11.9 Å². The van der Waals surface area contributed by atoms with Crippen molar-refractivity contribution in [3.63, 3.8) is 0 Å². The smallest absolute Gasteiger partial charge is 0.355 e. The molecular formula is C26H26N4O6. The van der Waals surface area contributed by atoms with Crippen molar-refractivity contribution in [2.45, 2.75) is 58.0 Å². The van der Waals surface area contributed by atoms with Gasteiger partial charge in [-0.2, -0.15) is 0 Å². The summed E-state index contributed by atoms with van der Waals surface area (Å²) in [6.07, 6.45) is 0.0272. The van der Waals surface area contributed by atoms with Gasteiger partial charge in [-0.1, -0.05) is 25.1 Å². The number of rotatable bonds is 5. The molecule has 3 unspecified atom stereocenters. The van der Waals surface area contributed by atoms with Crippen LogP contribution in [-0.4, -0.2) is 39.5 Å². The van der Waals surface area contributed by atoms with E-state index in [0.717, 1.165) is 16.5 Å². The molecule has 10 heteroatoms. The Bertz CT molecular complexity index is 1490. The molecule has 5 rings (SSSR count). The second-order valence-electron chi connectivity index (χ2n) is 9.20. The van der Waals surface area contributed by atoms with Crippen LogP contribution in [0.1, 0.15) is 43.9 Å². The highest BCUT2D eigenvalue weighted by molar-refractivity contribution is 5.91. The van der Waals surface area contributed by atoms with E-state index < -0.39 is 35.5 Å². The summed E-state index contributed by atoms with van der Waals surface area (Å²) in [5.41, 5.74) is 6.77. The summed E-state index contributed by atoms with van der Waals surface area (Å²) in [4.78, 5) is 56.4. The molecule has 0 bridgehead atoms. The maximum Gasteiger partial charge on any atom is 0.355 e. The third-order valence-electron chi connectivity index (χ3n) is 6.79. The third kappa shape index (κ3) is 3.56. The Labute approximate surface area is 206 Å². The molecule has 0 saturated carbocycles. The van der Waals surface area contributed by atoms with E-state index in [4.69, 9.17) is 20.2 Å². The zero-order valence-corrected chi connectivity index (χ0v) is 20.2. The zero-order valence-electron chi connectivity index (χ0n) is 20.2. The summed E-state index contributed by atoms with van der Waals surface area (Å²) in [7, 11) is 0. The van der Waals surface area contributed by atoms with E-state index in [1.807, 2.05) is 30.3 Å². The second kappa shape index (κ2) is 8.56. The van der Waals surface area contributed by atoms with Crippen LogP contribution in [0.15, 0.2) is 41.2 Å². The summed E-state index contributed by atoms with van der Waals surface area (Å²) in [5, 5.41) is 3.42. The Morgan fingerprint density at radius 1 is 1.25 bits per heavy atom. The van der Waals surface area contributed by atoms with Gasteiger partial charge in [-0.25, -0.2) is 14.6 Å².